The largest absolute Gasteiger partial charge is 0.452 e. The molecule has 5 nitrogen and oxygen atoms in total. The average molecular weight is 272 g/mol. The smallest absolute Gasteiger partial charge is 0.309 e. The molecule has 1 aliphatic rings. The van der Waals surface area contributed by atoms with Gasteiger partial charge in [0.2, 0.25) is 0 Å². The number of amides is 1. The van der Waals surface area contributed by atoms with E-state index in [2.05, 4.69) is 5.32 Å². The first-order valence-corrected chi connectivity index (χ1v) is 6.62. The standard InChI is InChI=1S/C15H16N2O3/c1-10(20-15(19)11-6-4-7-11)14(18)17-13-8-3-2-5-12(13)9-16/h2-3,5,8,10-11H,4,6-7H2,1H3,(H,17,18)/t10-/m1/s1. The minimum Gasteiger partial charge on any atom is -0.452 e. The molecule has 0 aliphatic heterocycles. The Hall–Kier alpha value is -2.35. The van der Waals surface area contributed by atoms with Crippen LogP contribution in [0.4, 0.5) is 5.69 Å². The second kappa shape index (κ2) is 6.20. The van der Waals surface area contributed by atoms with Gasteiger partial charge in [-0.15, -0.1) is 0 Å². The molecule has 1 atom stereocenters. The van der Waals surface area contributed by atoms with E-state index in [0.717, 1.165) is 19.3 Å². The van der Waals surface area contributed by atoms with Crippen molar-refractivity contribution >= 4 is 17.6 Å². The Labute approximate surface area is 117 Å². The first-order chi connectivity index (χ1) is 9.61. The number of nitrogens with zero attached hydrogens (tertiary/aromatic N) is 1. The van der Waals surface area contributed by atoms with Crippen molar-refractivity contribution in [1.29, 1.82) is 5.26 Å². The van der Waals surface area contributed by atoms with Crippen molar-refractivity contribution in [3.8, 4) is 6.07 Å². The summed E-state index contributed by atoms with van der Waals surface area (Å²) in [6, 6.07) is 8.68. The minimum atomic E-state index is -0.866. The van der Waals surface area contributed by atoms with E-state index in [1.165, 1.54) is 6.92 Å². The Morgan fingerprint density at radius 3 is 2.70 bits per heavy atom. The van der Waals surface area contributed by atoms with E-state index in [0.29, 0.717) is 11.3 Å². The summed E-state index contributed by atoms with van der Waals surface area (Å²) < 4.78 is 5.13. The van der Waals surface area contributed by atoms with Crippen molar-refractivity contribution in [1.82, 2.24) is 0 Å². The quantitative estimate of drug-likeness (QED) is 0.852. The third-order valence-electron chi connectivity index (χ3n) is 3.41. The third kappa shape index (κ3) is 3.15. The Kier molecular flexibility index (Phi) is 4.36. The van der Waals surface area contributed by atoms with Crippen LogP contribution in [0.5, 0.6) is 0 Å². The SMILES string of the molecule is C[C@@H](OC(=O)C1CCC1)C(=O)Nc1ccccc1C#N. The van der Waals surface area contributed by atoms with Gasteiger partial charge in [0.25, 0.3) is 5.91 Å². The number of ether oxygens (including phenoxy) is 1. The van der Waals surface area contributed by atoms with Gasteiger partial charge in [-0.3, -0.25) is 9.59 Å². The van der Waals surface area contributed by atoms with Crippen LogP contribution in [0.3, 0.4) is 0 Å². The zero-order valence-electron chi connectivity index (χ0n) is 11.3. The van der Waals surface area contributed by atoms with Gasteiger partial charge in [-0.2, -0.15) is 5.26 Å². The molecule has 1 saturated carbocycles. The van der Waals surface area contributed by atoms with E-state index in [-0.39, 0.29) is 11.9 Å². The number of carbonyl (C=O) groups is 2. The molecule has 1 aliphatic carbocycles. The van der Waals surface area contributed by atoms with Gasteiger partial charge < -0.3 is 10.1 Å². The first kappa shape index (κ1) is 14.1. The molecule has 1 fully saturated rings. The summed E-state index contributed by atoms with van der Waals surface area (Å²) >= 11 is 0. The Morgan fingerprint density at radius 1 is 1.40 bits per heavy atom. The molecule has 1 amide bonds. The highest BCUT2D eigenvalue weighted by atomic mass is 16.5. The van der Waals surface area contributed by atoms with Crippen molar-refractivity contribution in [3.05, 3.63) is 29.8 Å². The number of nitrogens with one attached hydrogen (secondary N) is 1. The van der Waals surface area contributed by atoms with Gasteiger partial charge >= 0.3 is 5.97 Å². The summed E-state index contributed by atoms with van der Waals surface area (Å²) in [5, 5.41) is 11.5. The lowest BCUT2D eigenvalue weighted by Crippen LogP contribution is -2.34. The monoisotopic (exact) mass is 272 g/mol. The zero-order chi connectivity index (χ0) is 14.5. The molecule has 1 aromatic rings. The van der Waals surface area contributed by atoms with Gasteiger partial charge in [0.05, 0.1) is 17.2 Å². The summed E-state index contributed by atoms with van der Waals surface area (Å²) in [4.78, 5) is 23.6. The van der Waals surface area contributed by atoms with E-state index in [1.807, 2.05) is 6.07 Å². The average Bonchev–Trinajstić information content (AvgIpc) is 2.37. The molecular formula is C15H16N2O3. The first-order valence-electron chi connectivity index (χ1n) is 6.62. The Balaban J connectivity index is 1.93. The van der Waals surface area contributed by atoms with Gasteiger partial charge in [0.1, 0.15) is 6.07 Å². The predicted molar refractivity (Wildman–Crippen MR) is 72.7 cm³/mol. The van der Waals surface area contributed by atoms with Crippen LogP contribution in [0.25, 0.3) is 0 Å². The number of carbonyl (C=O) groups excluding carboxylic acids is 2. The minimum absolute atomic E-state index is 0.0587. The molecule has 0 heterocycles. The van der Waals surface area contributed by atoms with E-state index < -0.39 is 12.0 Å². The summed E-state index contributed by atoms with van der Waals surface area (Å²) in [6.07, 6.45) is 1.85. The fraction of sp³-hybridized carbons (Fsp3) is 0.400. The predicted octanol–water partition coefficient (Wildman–Crippen LogP) is 2.23. The van der Waals surface area contributed by atoms with Crippen LogP contribution in [0.1, 0.15) is 31.7 Å². The molecule has 0 radical (unpaired) electrons. The van der Waals surface area contributed by atoms with Crippen molar-refractivity contribution in [3.63, 3.8) is 0 Å². The third-order valence-corrected chi connectivity index (χ3v) is 3.41. The number of esters is 1. The molecule has 2 rings (SSSR count). The molecule has 0 bridgehead atoms. The van der Waals surface area contributed by atoms with Gasteiger partial charge in [0.15, 0.2) is 6.10 Å². The number of anilines is 1. The lowest BCUT2D eigenvalue weighted by Gasteiger charge is -2.24. The maximum atomic E-state index is 11.9. The zero-order valence-corrected chi connectivity index (χ0v) is 11.3. The Bertz CT molecular complexity index is 558. The van der Waals surface area contributed by atoms with Crippen LogP contribution in [0.15, 0.2) is 24.3 Å². The summed E-state index contributed by atoms with van der Waals surface area (Å²) in [6.45, 7) is 1.53. The fourth-order valence-electron chi connectivity index (χ4n) is 1.89. The molecule has 0 saturated heterocycles. The van der Waals surface area contributed by atoms with Crippen LogP contribution in [-0.2, 0) is 14.3 Å². The van der Waals surface area contributed by atoms with Gasteiger partial charge in [0, 0.05) is 0 Å². The van der Waals surface area contributed by atoms with Crippen molar-refractivity contribution in [2.24, 2.45) is 5.92 Å². The molecule has 5 heteroatoms. The Morgan fingerprint density at radius 2 is 2.10 bits per heavy atom. The lowest BCUT2D eigenvalue weighted by atomic mass is 9.86. The number of nitriles is 1. The molecular weight excluding hydrogens is 256 g/mol. The maximum Gasteiger partial charge on any atom is 0.309 e. The van der Waals surface area contributed by atoms with Crippen molar-refractivity contribution in [2.45, 2.75) is 32.3 Å². The fourth-order valence-corrected chi connectivity index (χ4v) is 1.89. The number of hydrogen-bond acceptors (Lipinski definition) is 4. The van der Waals surface area contributed by atoms with E-state index in [9.17, 15) is 9.59 Å². The van der Waals surface area contributed by atoms with Crippen LogP contribution < -0.4 is 5.32 Å². The van der Waals surface area contributed by atoms with E-state index in [1.54, 1.807) is 24.3 Å². The summed E-state index contributed by atoms with van der Waals surface area (Å²) in [5.74, 6) is -0.801. The van der Waals surface area contributed by atoms with E-state index in [4.69, 9.17) is 10.00 Å². The van der Waals surface area contributed by atoms with Gasteiger partial charge in [-0.1, -0.05) is 18.6 Å². The molecule has 0 unspecified atom stereocenters. The van der Waals surface area contributed by atoms with Crippen LogP contribution in [0, 0.1) is 17.2 Å². The molecule has 104 valence electrons. The second-order valence-corrected chi connectivity index (χ2v) is 4.85. The molecule has 20 heavy (non-hydrogen) atoms. The van der Waals surface area contributed by atoms with Crippen molar-refractivity contribution in [2.75, 3.05) is 5.32 Å². The lowest BCUT2D eigenvalue weighted by molar-refractivity contribution is -0.159. The number of benzene rings is 1. The van der Waals surface area contributed by atoms with E-state index >= 15 is 0 Å². The number of hydrogen-bond donors (Lipinski definition) is 1. The maximum absolute atomic E-state index is 11.9. The topological polar surface area (TPSA) is 79.2 Å². The molecule has 0 aromatic heterocycles. The molecule has 0 spiro atoms. The highest BCUT2D eigenvalue weighted by molar-refractivity contribution is 5.96. The van der Waals surface area contributed by atoms with Gasteiger partial charge in [-0.05, 0) is 31.9 Å². The molecule has 1 N–H and O–H groups in total. The number of para-hydroxylation sites is 1. The summed E-state index contributed by atoms with van der Waals surface area (Å²) in [7, 11) is 0. The van der Waals surface area contributed by atoms with Crippen LogP contribution in [0.2, 0.25) is 0 Å². The normalized spacial score (nSPS) is 15.6. The highest BCUT2D eigenvalue weighted by Crippen LogP contribution is 2.27. The van der Waals surface area contributed by atoms with Gasteiger partial charge in [-0.25, -0.2) is 0 Å². The summed E-state index contributed by atoms with van der Waals surface area (Å²) in [5.41, 5.74) is 0.796. The molecule has 1 aromatic carbocycles. The van der Waals surface area contributed by atoms with Crippen LogP contribution >= 0.6 is 0 Å². The second-order valence-electron chi connectivity index (χ2n) is 4.85. The van der Waals surface area contributed by atoms with Crippen LogP contribution in [-0.4, -0.2) is 18.0 Å². The number of rotatable bonds is 4. The highest BCUT2D eigenvalue weighted by Gasteiger charge is 2.29. The van der Waals surface area contributed by atoms with Crippen molar-refractivity contribution < 1.29 is 14.3 Å².